The second-order valence-corrected chi connectivity index (χ2v) is 6.89. The molecule has 122 valence electrons. The van der Waals surface area contributed by atoms with Gasteiger partial charge in [-0.05, 0) is 48.6 Å². The minimum Gasteiger partial charge on any atom is -0.396 e. The molecule has 1 aliphatic heterocycles. The van der Waals surface area contributed by atoms with E-state index in [4.69, 9.17) is 0 Å². The van der Waals surface area contributed by atoms with Crippen LogP contribution in [0.3, 0.4) is 0 Å². The lowest BCUT2D eigenvalue weighted by Gasteiger charge is -2.40. The summed E-state index contributed by atoms with van der Waals surface area (Å²) in [6.45, 7) is 4.35. The summed E-state index contributed by atoms with van der Waals surface area (Å²) >= 11 is 1.71. The number of likely N-dealkylation sites (tertiary alicyclic amines) is 1. The number of amides is 2. The van der Waals surface area contributed by atoms with Crippen molar-refractivity contribution in [2.45, 2.75) is 37.6 Å². The van der Waals surface area contributed by atoms with Gasteiger partial charge < -0.3 is 15.3 Å². The van der Waals surface area contributed by atoms with Crippen molar-refractivity contribution in [3.8, 4) is 0 Å². The van der Waals surface area contributed by atoms with E-state index < -0.39 is 0 Å². The largest absolute Gasteiger partial charge is 0.396 e. The summed E-state index contributed by atoms with van der Waals surface area (Å²) in [4.78, 5) is 15.3. The third kappa shape index (κ3) is 4.17. The number of carbonyl (C=O) groups is 1. The van der Waals surface area contributed by atoms with E-state index in [1.807, 2.05) is 4.90 Å². The Morgan fingerprint density at radius 2 is 1.95 bits per heavy atom. The highest BCUT2D eigenvalue weighted by Gasteiger charge is 2.33. The van der Waals surface area contributed by atoms with Crippen LogP contribution in [0.1, 0.15) is 31.7 Å². The molecule has 1 aliphatic rings. The highest BCUT2D eigenvalue weighted by molar-refractivity contribution is 7.98. The molecule has 22 heavy (non-hydrogen) atoms. The van der Waals surface area contributed by atoms with Crippen molar-refractivity contribution in [2.24, 2.45) is 5.41 Å². The van der Waals surface area contributed by atoms with Crippen LogP contribution in [-0.2, 0) is 6.54 Å². The van der Waals surface area contributed by atoms with Gasteiger partial charge in [-0.15, -0.1) is 11.8 Å². The van der Waals surface area contributed by atoms with Crippen molar-refractivity contribution in [3.63, 3.8) is 0 Å². The van der Waals surface area contributed by atoms with Crippen LogP contribution in [0.4, 0.5) is 4.79 Å². The average Bonchev–Trinajstić information content (AvgIpc) is 2.60. The Bertz CT molecular complexity index is 476. The third-order valence-electron chi connectivity index (χ3n) is 4.80. The lowest BCUT2D eigenvalue weighted by molar-refractivity contribution is 0.0519. The zero-order chi connectivity index (χ0) is 16.0. The number of aliphatic hydroxyl groups excluding tert-OH is 1. The molecule has 1 fully saturated rings. The zero-order valence-corrected chi connectivity index (χ0v) is 14.3. The Hall–Kier alpha value is -1.20. The predicted octanol–water partition coefficient (Wildman–Crippen LogP) is 3.10. The van der Waals surface area contributed by atoms with Gasteiger partial charge in [0.2, 0.25) is 0 Å². The van der Waals surface area contributed by atoms with Crippen LogP contribution in [0.2, 0.25) is 0 Å². The monoisotopic (exact) mass is 322 g/mol. The quantitative estimate of drug-likeness (QED) is 0.819. The van der Waals surface area contributed by atoms with E-state index >= 15 is 0 Å². The van der Waals surface area contributed by atoms with Crippen LogP contribution in [-0.4, -0.2) is 42.0 Å². The molecule has 0 bridgehead atoms. The number of thioether (sulfide) groups is 1. The van der Waals surface area contributed by atoms with Crippen LogP contribution in [0, 0.1) is 5.41 Å². The summed E-state index contributed by atoms with van der Waals surface area (Å²) in [6, 6.07) is 8.25. The maximum atomic E-state index is 12.2. The number of nitrogens with zero attached hydrogens (tertiary/aromatic N) is 1. The molecule has 0 radical (unpaired) electrons. The minimum atomic E-state index is -0.00316. The van der Waals surface area contributed by atoms with Crippen LogP contribution in [0.5, 0.6) is 0 Å². The summed E-state index contributed by atoms with van der Waals surface area (Å²) in [7, 11) is 0. The Balaban J connectivity index is 1.80. The molecule has 1 heterocycles. The molecule has 0 spiro atoms. The predicted molar refractivity (Wildman–Crippen MR) is 91.1 cm³/mol. The summed E-state index contributed by atoms with van der Waals surface area (Å²) in [5, 5.41) is 12.5. The van der Waals surface area contributed by atoms with Gasteiger partial charge in [0.05, 0.1) is 0 Å². The molecule has 4 nitrogen and oxygen atoms in total. The van der Waals surface area contributed by atoms with Gasteiger partial charge in [0.1, 0.15) is 0 Å². The number of benzene rings is 1. The number of rotatable bonds is 5. The second kappa shape index (κ2) is 7.88. The molecular weight excluding hydrogens is 296 g/mol. The van der Waals surface area contributed by atoms with E-state index in [-0.39, 0.29) is 18.1 Å². The van der Waals surface area contributed by atoms with Crippen LogP contribution in [0.25, 0.3) is 0 Å². The Kier molecular flexibility index (Phi) is 6.15. The van der Waals surface area contributed by atoms with Crippen LogP contribution in [0.15, 0.2) is 29.2 Å². The first-order valence-electron chi connectivity index (χ1n) is 7.89. The molecule has 0 aliphatic carbocycles. The molecule has 1 aromatic rings. The Morgan fingerprint density at radius 1 is 1.32 bits per heavy atom. The summed E-state index contributed by atoms with van der Waals surface area (Å²) < 4.78 is 0. The van der Waals surface area contributed by atoms with Gasteiger partial charge in [0, 0.05) is 31.1 Å². The van der Waals surface area contributed by atoms with Crippen molar-refractivity contribution in [3.05, 3.63) is 29.8 Å². The maximum absolute atomic E-state index is 12.2. The highest BCUT2D eigenvalue weighted by Crippen LogP contribution is 2.34. The molecule has 0 unspecified atom stereocenters. The highest BCUT2D eigenvalue weighted by atomic mass is 32.2. The van der Waals surface area contributed by atoms with Crippen molar-refractivity contribution in [2.75, 3.05) is 26.0 Å². The SMILES string of the molecule is CCC1(CO)CCN(C(=O)NCc2ccc(SC)cc2)CC1. The third-order valence-corrected chi connectivity index (χ3v) is 5.54. The number of hydrogen-bond acceptors (Lipinski definition) is 3. The fraction of sp³-hybridized carbons (Fsp3) is 0.588. The molecule has 1 saturated heterocycles. The molecule has 2 amide bonds. The zero-order valence-electron chi connectivity index (χ0n) is 13.5. The molecule has 5 heteroatoms. The normalized spacial score (nSPS) is 17.3. The summed E-state index contributed by atoms with van der Waals surface area (Å²) in [5.41, 5.74) is 1.13. The molecule has 2 N–H and O–H groups in total. The first kappa shape index (κ1) is 17.2. The molecule has 0 saturated carbocycles. The van der Waals surface area contributed by atoms with Gasteiger partial charge in [0.15, 0.2) is 0 Å². The lowest BCUT2D eigenvalue weighted by atomic mass is 9.77. The van der Waals surface area contributed by atoms with Crippen LogP contribution >= 0.6 is 11.8 Å². The molecule has 2 rings (SSSR count). The van der Waals surface area contributed by atoms with E-state index in [0.29, 0.717) is 6.54 Å². The number of urea groups is 1. The van der Waals surface area contributed by atoms with Gasteiger partial charge in [0.25, 0.3) is 0 Å². The average molecular weight is 322 g/mol. The van der Waals surface area contributed by atoms with Crippen molar-refractivity contribution in [1.82, 2.24) is 10.2 Å². The topological polar surface area (TPSA) is 52.6 Å². The summed E-state index contributed by atoms with van der Waals surface area (Å²) in [5.74, 6) is 0. The van der Waals surface area contributed by atoms with E-state index in [9.17, 15) is 9.90 Å². The lowest BCUT2D eigenvalue weighted by Crippen LogP contribution is -2.48. The molecule has 1 aromatic carbocycles. The van der Waals surface area contributed by atoms with Gasteiger partial charge >= 0.3 is 6.03 Å². The number of nitrogens with one attached hydrogen (secondary N) is 1. The van der Waals surface area contributed by atoms with E-state index in [1.54, 1.807) is 11.8 Å². The van der Waals surface area contributed by atoms with E-state index in [0.717, 1.165) is 37.9 Å². The molecule has 0 atom stereocenters. The van der Waals surface area contributed by atoms with Gasteiger partial charge in [-0.2, -0.15) is 0 Å². The van der Waals surface area contributed by atoms with Gasteiger partial charge in [-0.1, -0.05) is 19.1 Å². The van der Waals surface area contributed by atoms with Gasteiger partial charge in [-0.25, -0.2) is 4.79 Å². The first-order chi connectivity index (χ1) is 10.6. The second-order valence-electron chi connectivity index (χ2n) is 6.01. The number of piperidine rings is 1. The number of carbonyl (C=O) groups excluding carboxylic acids is 1. The first-order valence-corrected chi connectivity index (χ1v) is 9.11. The van der Waals surface area contributed by atoms with Crippen molar-refractivity contribution >= 4 is 17.8 Å². The smallest absolute Gasteiger partial charge is 0.317 e. The molecular formula is C17H26N2O2S. The van der Waals surface area contributed by atoms with Gasteiger partial charge in [-0.3, -0.25) is 0 Å². The maximum Gasteiger partial charge on any atom is 0.317 e. The van der Waals surface area contributed by atoms with Crippen molar-refractivity contribution in [1.29, 1.82) is 0 Å². The van der Waals surface area contributed by atoms with E-state index in [1.165, 1.54) is 4.90 Å². The Morgan fingerprint density at radius 3 is 2.45 bits per heavy atom. The Labute approximate surface area is 137 Å². The fourth-order valence-corrected chi connectivity index (χ4v) is 3.25. The number of hydrogen-bond donors (Lipinski definition) is 2. The minimum absolute atomic E-state index is 0.00316. The van der Waals surface area contributed by atoms with Crippen molar-refractivity contribution < 1.29 is 9.90 Å². The standard InChI is InChI=1S/C17H26N2O2S/c1-3-17(13-20)8-10-19(11-9-17)16(21)18-12-14-4-6-15(22-2)7-5-14/h4-7,20H,3,8-13H2,1-2H3,(H,18,21). The fourth-order valence-electron chi connectivity index (χ4n) is 2.84. The van der Waals surface area contributed by atoms with E-state index in [2.05, 4.69) is 42.8 Å². The number of aliphatic hydroxyl groups is 1. The summed E-state index contributed by atoms with van der Waals surface area (Å²) in [6.07, 6.45) is 4.79. The van der Waals surface area contributed by atoms with Crippen LogP contribution < -0.4 is 5.32 Å². The molecule has 0 aromatic heterocycles.